The maximum atomic E-state index is 11.9. The van der Waals surface area contributed by atoms with Gasteiger partial charge in [0.05, 0.1) is 6.61 Å². The molecule has 0 aromatic rings. The number of nitrogens with one attached hydrogen (secondary N) is 2. The van der Waals surface area contributed by atoms with E-state index in [1.807, 2.05) is 0 Å². The summed E-state index contributed by atoms with van der Waals surface area (Å²) in [5.74, 6) is -1.34. The Morgan fingerprint density at radius 3 is 2.74 bits per heavy atom. The van der Waals surface area contributed by atoms with Crippen LogP contribution in [0.15, 0.2) is 0 Å². The summed E-state index contributed by atoms with van der Waals surface area (Å²) in [5.41, 5.74) is 4.53. The number of carbonyl (C=O) groups is 2. The summed E-state index contributed by atoms with van der Waals surface area (Å²) in [6.45, 7) is 0.444. The molecule has 1 amide bonds. The average molecular weight is 331 g/mol. The number of carboxylic acids is 1. The highest BCUT2D eigenvalue weighted by atomic mass is 16.5. The molecule has 0 aromatic heterocycles. The topological polar surface area (TPSA) is 154 Å². The van der Waals surface area contributed by atoms with Crippen molar-refractivity contribution in [1.82, 2.24) is 10.6 Å². The molecule has 1 aliphatic rings. The Morgan fingerprint density at radius 2 is 2.17 bits per heavy atom. The van der Waals surface area contributed by atoms with Crippen molar-refractivity contribution in [3.05, 3.63) is 0 Å². The number of nitrogens with two attached hydrogens (primary N) is 1. The second-order valence-corrected chi connectivity index (χ2v) is 5.97. The Kier molecular flexibility index (Phi) is 7.93. The van der Waals surface area contributed by atoms with Crippen LogP contribution in [0.4, 0.5) is 0 Å². The molecule has 1 aliphatic heterocycles. The lowest BCUT2D eigenvalue weighted by Gasteiger charge is -2.25. The van der Waals surface area contributed by atoms with E-state index in [-0.39, 0.29) is 31.3 Å². The van der Waals surface area contributed by atoms with Crippen molar-refractivity contribution >= 4 is 19.0 Å². The smallest absolute Gasteiger partial charge is 0.451 e. The van der Waals surface area contributed by atoms with Crippen molar-refractivity contribution in [1.29, 1.82) is 0 Å². The number of ether oxygens (including phenoxy) is 1. The van der Waals surface area contributed by atoms with Crippen LogP contribution >= 0.6 is 0 Å². The Morgan fingerprint density at radius 1 is 1.48 bits per heavy atom. The van der Waals surface area contributed by atoms with E-state index in [0.717, 1.165) is 0 Å². The summed E-state index contributed by atoms with van der Waals surface area (Å²) in [6, 6.07) is -1.10. The largest absolute Gasteiger partial charge is 0.480 e. The van der Waals surface area contributed by atoms with E-state index in [4.69, 9.17) is 20.5 Å². The molecule has 132 valence electrons. The van der Waals surface area contributed by atoms with E-state index in [2.05, 4.69) is 10.6 Å². The fraction of sp³-hybridized carbons (Fsp3) is 0.846. The quantitative estimate of drug-likeness (QED) is 0.197. The van der Waals surface area contributed by atoms with Gasteiger partial charge in [0, 0.05) is 19.7 Å². The van der Waals surface area contributed by atoms with E-state index in [1.54, 1.807) is 0 Å². The van der Waals surface area contributed by atoms with E-state index in [1.165, 1.54) is 7.11 Å². The summed E-state index contributed by atoms with van der Waals surface area (Å²) < 4.78 is 4.82. The first kappa shape index (κ1) is 19.9. The van der Waals surface area contributed by atoms with Gasteiger partial charge in [0.1, 0.15) is 11.6 Å². The molecule has 1 fully saturated rings. The van der Waals surface area contributed by atoms with Gasteiger partial charge >= 0.3 is 13.1 Å². The molecule has 3 atom stereocenters. The van der Waals surface area contributed by atoms with Gasteiger partial charge in [-0.15, -0.1) is 0 Å². The van der Waals surface area contributed by atoms with Crippen molar-refractivity contribution in [3.63, 3.8) is 0 Å². The zero-order chi connectivity index (χ0) is 17.5. The molecule has 0 aliphatic carbocycles. The van der Waals surface area contributed by atoms with Crippen LogP contribution in [0, 0.1) is 0 Å². The molecule has 0 saturated carbocycles. The number of amides is 1. The van der Waals surface area contributed by atoms with E-state index >= 15 is 0 Å². The lowest BCUT2D eigenvalue weighted by Crippen LogP contribution is -2.48. The number of hydrogen-bond donors (Lipinski definition) is 6. The predicted octanol–water partition coefficient (Wildman–Crippen LogP) is -2.10. The fourth-order valence-electron chi connectivity index (χ4n) is 2.76. The second-order valence-electron chi connectivity index (χ2n) is 5.97. The summed E-state index contributed by atoms with van der Waals surface area (Å²) in [5, 5.41) is 32.8. The highest BCUT2D eigenvalue weighted by molar-refractivity contribution is 6.40. The third-order valence-corrected chi connectivity index (χ3v) is 4.04. The van der Waals surface area contributed by atoms with Crippen molar-refractivity contribution < 1.29 is 29.5 Å². The van der Waals surface area contributed by atoms with E-state index < -0.39 is 24.7 Å². The zero-order valence-electron chi connectivity index (χ0n) is 13.3. The molecule has 0 bridgehead atoms. The monoisotopic (exact) mass is 331 g/mol. The number of carbonyl (C=O) groups excluding carboxylic acids is 1. The van der Waals surface area contributed by atoms with Gasteiger partial charge in [0.2, 0.25) is 5.91 Å². The Balaban J connectivity index is 2.51. The lowest BCUT2D eigenvalue weighted by atomic mass is 9.81. The summed E-state index contributed by atoms with van der Waals surface area (Å²) in [6.07, 6.45) is 1.88. The van der Waals surface area contributed by atoms with Crippen LogP contribution in [0.2, 0.25) is 6.32 Å². The van der Waals surface area contributed by atoms with Crippen molar-refractivity contribution in [2.75, 3.05) is 20.3 Å². The Bertz CT molecular complexity index is 411. The molecule has 1 saturated heterocycles. The first-order chi connectivity index (χ1) is 10.8. The van der Waals surface area contributed by atoms with Gasteiger partial charge in [0.25, 0.3) is 0 Å². The van der Waals surface area contributed by atoms with Crippen molar-refractivity contribution in [2.24, 2.45) is 5.73 Å². The second kappa shape index (κ2) is 9.19. The van der Waals surface area contributed by atoms with E-state index in [0.29, 0.717) is 25.8 Å². The SMILES string of the molecule is COCC(N)C(=O)NC1CNC(CCCCB(O)O)(C(=O)O)C1. The molecule has 0 radical (unpaired) electrons. The van der Waals surface area contributed by atoms with Crippen molar-refractivity contribution in [3.8, 4) is 0 Å². The van der Waals surface area contributed by atoms with Gasteiger partial charge in [-0.2, -0.15) is 0 Å². The number of aliphatic carboxylic acids is 1. The first-order valence-corrected chi connectivity index (χ1v) is 7.70. The van der Waals surface area contributed by atoms with Crippen LogP contribution < -0.4 is 16.4 Å². The van der Waals surface area contributed by atoms with E-state index in [9.17, 15) is 14.7 Å². The van der Waals surface area contributed by atoms with Crippen molar-refractivity contribution in [2.45, 2.75) is 49.6 Å². The number of hydrogen-bond acceptors (Lipinski definition) is 7. The lowest BCUT2D eigenvalue weighted by molar-refractivity contribution is -0.144. The van der Waals surface area contributed by atoms with Crippen LogP contribution in [-0.2, 0) is 14.3 Å². The maximum absolute atomic E-state index is 11.9. The summed E-state index contributed by atoms with van der Waals surface area (Å²) in [4.78, 5) is 23.5. The van der Waals surface area contributed by atoms with Crippen LogP contribution in [0.3, 0.4) is 0 Å². The minimum absolute atomic E-state index is 0.0968. The summed E-state index contributed by atoms with van der Waals surface area (Å²) >= 11 is 0. The number of methoxy groups -OCH3 is 1. The molecule has 3 unspecified atom stereocenters. The highest BCUT2D eigenvalue weighted by Crippen LogP contribution is 2.26. The first-order valence-electron chi connectivity index (χ1n) is 7.70. The van der Waals surface area contributed by atoms with Gasteiger partial charge < -0.3 is 30.9 Å². The average Bonchev–Trinajstić information content (AvgIpc) is 2.88. The normalized spacial score (nSPS) is 25.1. The van der Waals surface area contributed by atoms with Crippen LogP contribution in [-0.4, -0.2) is 72.0 Å². The third kappa shape index (κ3) is 6.07. The van der Waals surface area contributed by atoms with Gasteiger partial charge in [-0.25, -0.2) is 0 Å². The molecule has 7 N–H and O–H groups in total. The van der Waals surface area contributed by atoms with Crippen LogP contribution in [0.1, 0.15) is 25.7 Å². The molecule has 1 rings (SSSR count). The van der Waals surface area contributed by atoms with Gasteiger partial charge in [-0.1, -0.05) is 12.8 Å². The predicted molar refractivity (Wildman–Crippen MR) is 83.6 cm³/mol. The van der Waals surface area contributed by atoms with Crippen LogP contribution in [0.5, 0.6) is 0 Å². The zero-order valence-corrected chi connectivity index (χ0v) is 13.3. The minimum atomic E-state index is -1.37. The molecular formula is C13H26BN3O6. The number of carboxylic acid groups (broad SMARTS) is 1. The number of unbranched alkanes of at least 4 members (excludes halogenated alkanes) is 1. The molecule has 0 spiro atoms. The molecular weight excluding hydrogens is 305 g/mol. The van der Waals surface area contributed by atoms with Crippen LogP contribution in [0.25, 0.3) is 0 Å². The molecule has 1 heterocycles. The standard InChI is InChI=1S/C13H26BN3O6/c1-23-8-10(15)11(18)17-9-6-13(12(19)20,16-7-9)4-2-3-5-14(21)22/h9-10,16,21-22H,2-8,15H2,1H3,(H,17,18)(H,19,20). The minimum Gasteiger partial charge on any atom is -0.480 e. The van der Waals surface area contributed by atoms with Gasteiger partial charge in [-0.05, 0) is 19.2 Å². The van der Waals surface area contributed by atoms with Gasteiger partial charge in [-0.3, -0.25) is 14.9 Å². The molecule has 23 heavy (non-hydrogen) atoms. The third-order valence-electron chi connectivity index (χ3n) is 4.04. The number of rotatable bonds is 10. The van der Waals surface area contributed by atoms with Gasteiger partial charge in [0.15, 0.2) is 0 Å². The Hall–Kier alpha value is -1.20. The summed E-state index contributed by atoms with van der Waals surface area (Å²) in [7, 11) is 0.0740. The fourth-order valence-corrected chi connectivity index (χ4v) is 2.76. The molecule has 9 nitrogen and oxygen atoms in total. The Labute approximate surface area is 135 Å². The maximum Gasteiger partial charge on any atom is 0.451 e. The highest BCUT2D eigenvalue weighted by Gasteiger charge is 2.45. The molecule has 10 heteroatoms. The molecule has 0 aromatic carbocycles.